The predicted octanol–water partition coefficient (Wildman–Crippen LogP) is 4.79. The van der Waals surface area contributed by atoms with Gasteiger partial charge in [0.2, 0.25) is 0 Å². The quantitative estimate of drug-likeness (QED) is 0.734. The summed E-state index contributed by atoms with van der Waals surface area (Å²) in [6.45, 7) is 7.74. The van der Waals surface area contributed by atoms with Crippen LogP contribution in [0.4, 0.5) is 0 Å². The van der Waals surface area contributed by atoms with Gasteiger partial charge in [-0.3, -0.25) is 0 Å². The van der Waals surface area contributed by atoms with Crippen molar-refractivity contribution in [3.63, 3.8) is 0 Å². The van der Waals surface area contributed by atoms with Crippen molar-refractivity contribution in [1.29, 1.82) is 0 Å². The van der Waals surface area contributed by atoms with Crippen molar-refractivity contribution < 1.29 is 0 Å². The molecule has 1 aliphatic rings. The summed E-state index contributed by atoms with van der Waals surface area (Å²) in [5.41, 5.74) is -0.0966. The van der Waals surface area contributed by atoms with Crippen LogP contribution >= 0.6 is 27.3 Å². The maximum atomic E-state index is 4.58. The second kappa shape index (κ2) is 5.84. The summed E-state index contributed by atoms with van der Waals surface area (Å²) in [5, 5.41) is 9.10. The first-order valence-electron chi connectivity index (χ1n) is 7.70. The van der Waals surface area contributed by atoms with Crippen LogP contribution in [0.1, 0.15) is 56.6 Å². The molecular weight excluding hydrogens is 346 g/mol. The van der Waals surface area contributed by atoms with Crippen LogP contribution in [0.5, 0.6) is 0 Å². The van der Waals surface area contributed by atoms with Crippen molar-refractivity contribution in [2.45, 2.75) is 58.4 Å². The van der Waals surface area contributed by atoms with E-state index in [-0.39, 0.29) is 5.41 Å². The van der Waals surface area contributed by atoms with Crippen LogP contribution < -0.4 is 0 Å². The molecule has 21 heavy (non-hydrogen) atoms. The maximum Gasteiger partial charge on any atom is 0.143 e. The van der Waals surface area contributed by atoms with E-state index in [2.05, 4.69) is 63.6 Å². The molecule has 5 heteroatoms. The fraction of sp³-hybridized carbons (Fsp3) is 0.625. The molecule has 2 aromatic heterocycles. The Kier molecular flexibility index (Phi) is 4.23. The molecule has 0 bridgehead atoms. The average molecular weight is 368 g/mol. The SMILES string of the molecule is CCCn1c(CC2CC2)nnc1C(C)(C)c1ccc(Br)s1. The first-order valence-corrected chi connectivity index (χ1v) is 9.31. The first-order chi connectivity index (χ1) is 10.0. The molecule has 0 amide bonds. The van der Waals surface area contributed by atoms with Gasteiger partial charge in [-0.05, 0) is 67.1 Å². The van der Waals surface area contributed by atoms with Gasteiger partial charge >= 0.3 is 0 Å². The summed E-state index contributed by atoms with van der Waals surface area (Å²) >= 11 is 5.36. The third-order valence-electron chi connectivity index (χ3n) is 4.19. The molecule has 2 aromatic rings. The maximum absolute atomic E-state index is 4.58. The molecule has 3 rings (SSSR count). The molecule has 1 saturated carbocycles. The molecule has 1 fully saturated rings. The third kappa shape index (κ3) is 3.09. The lowest BCUT2D eigenvalue weighted by atomic mass is 9.90. The van der Waals surface area contributed by atoms with Crippen LogP contribution in [-0.4, -0.2) is 14.8 Å². The standard InChI is InChI=1S/C16H22BrN3S/c1-4-9-20-14(10-11-5-6-11)18-19-15(20)16(2,3)12-7-8-13(17)21-12/h7-8,11H,4-6,9-10H2,1-3H3. The molecule has 3 nitrogen and oxygen atoms in total. The van der Waals surface area contributed by atoms with E-state index in [0.717, 1.165) is 31.1 Å². The lowest BCUT2D eigenvalue weighted by Gasteiger charge is -2.23. The van der Waals surface area contributed by atoms with E-state index in [4.69, 9.17) is 0 Å². The highest BCUT2D eigenvalue weighted by Crippen LogP contribution is 2.38. The molecule has 0 aromatic carbocycles. The Labute approximate surface area is 138 Å². The Morgan fingerprint density at radius 1 is 1.33 bits per heavy atom. The summed E-state index contributed by atoms with van der Waals surface area (Å²) in [7, 11) is 0. The van der Waals surface area contributed by atoms with Gasteiger partial charge in [-0.25, -0.2) is 0 Å². The highest BCUT2D eigenvalue weighted by molar-refractivity contribution is 9.11. The van der Waals surface area contributed by atoms with E-state index in [1.54, 1.807) is 11.3 Å². The number of hydrogen-bond acceptors (Lipinski definition) is 3. The zero-order valence-corrected chi connectivity index (χ0v) is 15.3. The summed E-state index contributed by atoms with van der Waals surface area (Å²) < 4.78 is 3.54. The highest BCUT2D eigenvalue weighted by Gasteiger charge is 2.33. The van der Waals surface area contributed by atoms with Crippen molar-refractivity contribution in [2.75, 3.05) is 0 Å². The third-order valence-corrected chi connectivity index (χ3v) is 6.14. The molecule has 0 saturated heterocycles. The van der Waals surface area contributed by atoms with Gasteiger partial charge in [0.15, 0.2) is 0 Å². The van der Waals surface area contributed by atoms with Crippen LogP contribution in [0.2, 0.25) is 0 Å². The fourth-order valence-corrected chi connectivity index (χ4v) is 4.23. The van der Waals surface area contributed by atoms with Gasteiger partial charge in [0.1, 0.15) is 11.6 Å². The van der Waals surface area contributed by atoms with E-state index in [1.807, 2.05) is 0 Å². The number of aromatic nitrogens is 3. The van der Waals surface area contributed by atoms with Crippen molar-refractivity contribution >= 4 is 27.3 Å². The lowest BCUT2D eigenvalue weighted by Crippen LogP contribution is -2.24. The second-order valence-corrected chi connectivity index (χ2v) is 8.93. The number of nitrogens with zero attached hydrogens (tertiary/aromatic N) is 3. The molecule has 0 aliphatic heterocycles. The molecule has 0 radical (unpaired) electrons. The lowest BCUT2D eigenvalue weighted by molar-refractivity contribution is 0.518. The topological polar surface area (TPSA) is 30.7 Å². The Morgan fingerprint density at radius 2 is 2.10 bits per heavy atom. The fourth-order valence-electron chi connectivity index (χ4n) is 2.75. The van der Waals surface area contributed by atoms with Crippen molar-refractivity contribution in [1.82, 2.24) is 14.8 Å². The van der Waals surface area contributed by atoms with Gasteiger partial charge in [-0.2, -0.15) is 0 Å². The molecule has 0 N–H and O–H groups in total. The zero-order valence-electron chi connectivity index (χ0n) is 12.9. The second-order valence-electron chi connectivity index (χ2n) is 6.47. The smallest absolute Gasteiger partial charge is 0.143 e. The van der Waals surface area contributed by atoms with Crippen LogP contribution in [-0.2, 0) is 18.4 Å². The molecule has 1 aliphatic carbocycles. The minimum atomic E-state index is -0.0966. The van der Waals surface area contributed by atoms with E-state index in [9.17, 15) is 0 Å². The van der Waals surface area contributed by atoms with Gasteiger partial charge in [-0.1, -0.05) is 6.92 Å². The molecule has 114 valence electrons. The highest BCUT2D eigenvalue weighted by atomic mass is 79.9. The summed E-state index contributed by atoms with van der Waals surface area (Å²) in [6, 6.07) is 4.31. The minimum absolute atomic E-state index is 0.0966. The van der Waals surface area contributed by atoms with Crippen molar-refractivity contribution in [3.05, 3.63) is 32.4 Å². The monoisotopic (exact) mass is 367 g/mol. The number of rotatable bonds is 6. The van der Waals surface area contributed by atoms with Gasteiger partial charge in [0.05, 0.1) is 9.20 Å². The van der Waals surface area contributed by atoms with Crippen LogP contribution in [0.15, 0.2) is 15.9 Å². The summed E-state index contributed by atoms with van der Waals surface area (Å²) in [4.78, 5) is 1.33. The normalized spacial score (nSPS) is 15.6. The van der Waals surface area contributed by atoms with E-state index in [1.165, 1.54) is 27.3 Å². The van der Waals surface area contributed by atoms with E-state index < -0.39 is 0 Å². The van der Waals surface area contributed by atoms with Gasteiger partial charge in [0, 0.05) is 17.8 Å². The Hall–Kier alpha value is -0.680. The van der Waals surface area contributed by atoms with E-state index in [0.29, 0.717) is 0 Å². The number of hydrogen-bond donors (Lipinski definition) is 0. The Morgan fingerprint density at radius 3 is 2.67 bits per heavy atom. The Bertz CT molecular complexity index is 625. The summed E-state index contributed by atoms with van der Waals surface area (Å²) in [6.07, 6.45) is 4.93. The predicted molar refractivity (Wildman–Crippen MR) is 90.9 cm³/mol. The zero-order chi connectivity index (χ0) is 15.0. The molecule has 0 unspecified atom stereocenters. The molecular formula is C16H22BrN3S. The van der Waals surface area contributed by atoms with Crippen LogP contribution in [0.25, 0.3) is 0 Å². The van der Waals surface area contributed by atoms with Crippen LogP contribution in [0.3, 0.4) is 0 Å². The number of thiophene rings is 1. The van der Waals surface area contributed by atoms with Gasteiger partial charge < -0.3 is 4.57 Å². The van der Waals surface area contributed by atoms with E-state index >= 15 is 0 Å². The minimum Gasteiger partial charge on any atom is -0.314 e. The first kappa shape index (κ1) is 15.2. The van der Waals surface area contributed by atoms with Crippen LogP contribution in [0, 0.1) is 5.92 Å². The molecule has 2 heterocycles. The molecule has 0 atom stereocenters. The largest absolute Gasteiger partial charge is 0.314 e. The van der Waals surface area contributed by atoms with Gasteiger partial charge in [0.25, 0.3) is 0 Å². The summed E-state index contributed by atoms with van der Waals surface area (Å²) in [5.74, 6) is 3.13. The molecule has 0 spiro atoms. The van der Waals surface area contributed by atoms with Crippen molar-refractivity contribution in [3.8, 4) is 0 Å². The van der Waals surface area contributed by atoms with Gasteiger partial charge in [-0.15, -0.1) is 21.5 Å². The average Bonchev–Trinajstić information content (AvgIpc) is 2.98. The Balaban J connectivity index is 1.97. The number of halogens is 1. The van der Waals surface area contributed by atoms with Crippen molar-refractivity contribution in [2.24, 2.45) is 5.92 Å².